The van der Waals surface area contributed by atoms with E-state index in [2.05, 4.69) is 20.8 Å². The molecule has 0 aliphatic rings. The molecule has 1 aromatic heterocycles. The van der Waals surface area contributed by atoms with Crippen LogP contribution in [-0.4, -0.2) is 29.6 Å². The number of carbonyl (C=O) groups excluding carboxylic acids is 1. The van der Waals surface area contributed by atoms with Gasteiger partial charge >= 0.3 is 0 Å². The average Bonchev–Trinajstić information content (AvgIpc) is 2.97. The number of aromatic nitrogens is 2. The van der Waals surface area contributed by atoms with E-state index in [1.165, 1.54) is 0 Å². The van der Waals surface area contributed by atoms with Crippen LogP contribution in [0.4, 0.5) is 0 Å². The molecule has 2 N–H and O–H groups in total. The summed E-state index contributed by atoms with van der Waals surface area (Å²) in [5.74, 6) is 1.06. The van der Waals surface area contributed by atoms with Gasteiger partial charge in [-0.3, -0.25) is 4.79 Å². The third-order valence-corrected chi connectivity index (χ3v) is 3.28. The topological polar surface area (TPSA) is 80.0 Å². The van der Waals surface area contributed by atoms with Crippen LogP contribution in [0.25, 0.3) is 0 Å². The molecule has 2 rings (SSSR count). The zero-order valence-corrected chi connectivity index (χ0v) is 14.2. The lowest BCUT2D eigenvalue weighted by molar-refractivity contribution is -0.121. The van der Waals surface area contributed by atoms with Crippen molar-refractivity contribution in [1.29, 1.82) is 0 Å². The van der Waals surface area contributed by atoms with E-state index in [-0.39, 0.29) is 24.4 Å². The molecule has 0 bridgehead atoms. The van der Waals surface area contributed by atoms with Crippen LogP contribution < -0.4 is 10.6 Å². The lowest BCUT2D eigenvalue weighted by Crippen LogP contribution is -2.27. The van der Waals surface area contributed by atoms with E-state index in [4.69, 9.17) is 4.52 Å². The highest BCUT2D eigenvalue weighted by Gasteiger charge is 2.16. The highest BCUT2D eigenvalue weighted by molar-refractivity contribution is 5.85. The first-order valence-corrected chi connectivity index (χ1v) is 7.49. The molecule has 6 nitrogen and oxygen atoms in total. The molecular formula is C16H23ClN4O2. The highest BCUT2D eigenvalue weighted by Crippen LogP contribution is 2.12. The van der Waals surface area contributed by atoms with Crippen molar-refractivity contribution in [1.82, 2.24) is 20.8 Å². The molecule has 0 fully saturated rings. The highest BCUT2D eigenvalue weighted by atomic mass is 35.5. The Morgan fingerprint density at radius 1 is 1.30 bits per heavy atom. The van der Waals surface area contributed by atoms with Crippen LogP contribution in [0.3, 0.4) is 0 Å². The van der Waals surface area contributed by atoms with Crippen LogP contribution in [0.1, 0.15) is 43.1 Å². The lowest BCUT2D eigenvalue weighted by atomic mass is 10.1. The van der Waals surface area contributed by atoms with Gasteiger partial charge in [0.15, 0.2) is 5.82 Å². The number of carbonyl (C=O) groups is 1. The summed E-state index contributed by atoms with van der Waals surface area (Å²) in [5, 5.41) is 9.84. The number of rotatable bonds is 8. The molecule has 0 aliphatic heterocycles. The van der Waals surface area contributed by atoms with Crippen molar-refractivity contribution in [3.8, 4) is 0 Å². The van der Waals surface area contributed by atoms with Gasteiger partial charge in [-0.1, -0.05) is 35.5 Å². The predicted octanol–water partition coefficient (Wildman–Crippen LogP) is 2.26. The smallest absolute Gasteiger partial charge is 0.231 e. The fourth-order valence-electron chi connectivity index (χ4n) is 2.09. The van der Waals surface area contributed by atoms with Crippen LogP contribution in [0.5, 0.6) is 0 Å². The van der Waals surface area contributed by atoms with Crippen LogP contribution in [0, 0.1) is 0 Å². The molecule has 1 atom stereocenters. The standard InChI is InChI=1S/C16H22N4O2.ClH/c1-12(18-14(21)9-6-10-17-2)16-19-15(22-20-16)11-13-7-4-3-5-8-13;/h3-5,7-8,12,17H,6,9-11H2,1-2H3,(H,18,21);1H. The first-order chi connectivity index (χ1) is 10.7. The number of hydrogen-bond donors (Lipinski definition) is 2. The zero-order valence-electron chi connectivity index (χ0n) is 13.4. The second-order valence-electron chi connectivity index (χ2n) is 5.20. The Labute approximate surface area is 142 Å². The van der Waals surface area contributed by atoms with Crippen LogP contribution in [0.2, 0.25) is 0 Å². The SMILES string of the molecule is CNCCCC(=O)NC(C)c1noc(Cc2ccccc2)n1.Cl. The minimum atomic E-state index is -0.254. The van der Waals surface area contributed by atoms with Crippen molar-refractivity contribution in [3.63, 3.8) is 0 Å². The van der Waals surface area contributed by atoms with Crippen LogP contribution in [-0.2, 0) is 11.2 Å². The van der Waals surface area contributed by atoms with Crippen LogP contribution >= 0.6 is 12.4 Å². The second kappa shape index (κ2) is 9.97. The normalized spacial score (nSPS) is 11.6. The molecule has 0 saturated heterocycles. The Bertz CT molecular complexity index is 589. The van der Waals surface area contributed by atoms with E-state index in [1.807, 2.05) is 44.3 Å². The van der Waals surface area contributed by atoms with Gasteiger partial charge in [-0.05, 0) is 32.5 Å². The van der Waals surface area contributed by atoms with Crippen LogP contribution in [0.15, 0.2) is 34.9 Å². The summed E-state index contributed by atoms with van der Waals surface area (Å²) >= 11 is 0. The quantitative estimate of drug-likeness (QED) is 0.722. The van der Waals surface area contributed by atoms with Gasteiger partial charge in [0.05, 0.1) is 12.5 Å². The lowest BCUT2D eigenvalue weighted by Gasteiger charge is -2.09. The summed E-state index contributed by atoms with van der Waals surface area (Å²) in [6.45, 7) is 2.68. The van der Waals surface area contributed by atoms with E-state index >= 15 is 0 Å². The fourth-order valence-corrected chi connectivity index (χ4v) is 2.09. The van der Waals surface area contributed by atoms with Gasteiger partial charge < -0.3 is 15.2 Å². The van der Waals surface area contributed by atoms with Gasteiger partial charge in [-0.25, -0.2) is 0 Å². The van der Waals surface area contributed by atoms with Gasteiger partial charge in [-0.2, -0.15) is 4.98 Å². The number of nitrogens with zero attached hydrogens (tertiary/aromatic N) is 2. The summed E-state index contributed by atoms with van der Waals surface area (Å²) in [6, 6.07) is 9.68. The largest absolute Gasteiger partial charge is 0.346 e. The predicted molar refractivity (Wildman–Crippen MR) is 90.5 cm³/mol. The molecule has 1 aromatic carbocycles. The molecular weight excluding hydrogens is 316 g/mol. The van der Waals surface area contributed by atoms with E-state index in [0.29, 0.717) is 24.6 Å². The van der Waals surface area contributed by atoms with Gasteiger partial charge in [0.25, 0.3) is 0 Å². The fraction of sp³-hybridized carbons (Fsp3) is 0.438. The number of nitrogens with one attached hydrogen (secondary N) is 2. The molecule has 7 heteroatoms. The molecule has 0 spiro atoms. The van der Waals surface area contributed by atoms with Crippen molar-refractivity contribution < 1.29 is 9.32 Å². The molecule has 0 saturated carbocycles. The Morgan fingerprint density at radius 2 is 2.04 bits per heavy atom. The maximum atomic E-state index is 11.8. The Hall–Kier alpha value is -1.92. The molecule has 1 unspecified atom stereocenters. The molecule has 0 radical (unpaired) electrons. The van der Waals surface area contributed by atoms with Gasteiger partial charge in [0.1, 0.15) is 0 Å². The van der Waals surface area contributed by atoms with Crippen molar-refractivity contribution in [2.75, 3.05) is 13.6 Å². The maximum absolute atomic E-state index is 11.8. The Kier molecular flexibility index (Phi) is 8.29. The van der Waals surface area contributed by atoms with Gasteiger partial charge in [-0.15, -0.1) is 12.4 Å². The van der Waals surface area contributed by atoms with E-state index < -0.39 is 0 Å². The van der Waals surface area contributed by atoms with E-state index in [9.17, 15) is 4.79 Å². The third-order valence-electron chi connectivity index (χ3n) is 3.28. The number of hydrogen-bond acceptors (Lipinski definition) is 5. The molecule has 23 heavy (non-hydrogen) atoms. The zero-order chi connectivity index (χ0) is 15.8. The molecule has 126 valence electrons. The summed E-state index contributed by atoms with van der Waals surface area (Å²) in [7, 11) is 1.87. The van der Waals surface area contributed by atoms with Crippen molar-refractivity contribution >= 4 is 18.3 Å². The number of benzene rings is 1. The maximum Gasteiger partial charge on any atom is 0.231 e. The van der Waals surface area contributed by atoms with Crippen molar-refractivity contribution in [2.45, 2.75) is 32.2 Å². The summed E-state index contributed by atoms with van der Waals surface area (Å²) in [6.07, 6.45) is 1.89. The molecule has 0 aliphatic carbocycles. The van der Waals surface area contributed by atoms with E-state index in [1.54, 1.807) is 0 Å². The van der Waals surface area contributed by atoms with Crippen molar-refractivity contribution in [2.24, 2.45) is 0 Å². The third kappa shape index (κ3) is 6.38. The minimum Gasteiger partial charge on any atom is -0.346 e. The Balaban J connectivity index is 0.00000264. The number of amides is 1. The van der Waals surface area contributed by atoms with Gasteiger partial charge in [0.2, 0.25) is 11.8 Å². The summed E-state index contributed by atoms with van der Waals surface area (Å²) in [4.78, 5) is 16.1. The average molecular weight is 339 g/mol. The minimum absolute atomic E-state index is 0. The van der Waals surface area contributed by atoms with E-state index in [0.717, 1.165) is 18.5 Å². The number of halogens is 1. The monoisotopic (exact) mass is 338 g/mol. The van der Waals surface area contributed by atoms with Crippen molar-refractivity contribution in [3.05, 3.63) is 47.6 Å². The first-order valence-electron chi connectivity index (χ1n) is 7.49. The molecule has 2 aromatic rings. The van der Waals surface area contributed by atoms with Gasteiger partial charge in [0, 0.05) is 6.42 Å². The Morgan fingerprint density at radius 3 is 2.74 bits per heavy atom. The second-order valence-corrected chi connectivity index (χ2v) is 5.20. The molecule has 1 amide bonds. The first kappa shape index (κ1) is 19.1. The summed E-state index contributed by atoms with van der Waals surface area (Å²) in [5.41, 5.74) is 1.11. The summed E-state index contributed by atoms with van der Waals surface area (Å²) < 4.78 is 5.25. The molecule has 1 heterocycles.